The van der Waals surface area contributed by atoms with Gasteiger partial charge in [0.1, 0.15) is 11.6 Å². The molecule has 0 aliphatic heterocycles. The second-order valence-corrected chi connectivity index (χ2v) is 6.17. The third-order valence-corrected chi connectivity index (χ3v) is 3.03. The van der Waals surface area contributed by atoms with Crippen molar-refractivity contribution in [3.8, 4) is 0 Å². The number of alkyl halides is 1. The zero-order valence-corrected chi connectivity index (χ0v) is 12.5. The van der Waals surface area contributed by atoms with Gasteiger partial charge in [-0.05, 0) is 33.1 Å². The van der Waals surface area contributed by atoms with Crippen LogP contribution in [0, 0.1) is 5.92 Å². The van der Waals surface area contributed by atoms with Gasteiger partial charge in [0, 0.05) is 12.0 Å². The van der Waals surface area contributed by atoms with Crippen LogP contribution in [0.15, 0.2) is 0 Å². The first-order valence-electron chi connectivity index (χ1n) is 5.86. The van der Waals surface area contributed by atoms with Gasteiger partial charge in [-0.3, -0.25) is 0 Å². The van der Waals surface area contributed by atoms with E-state index in [9.17, 15) is 0 Å². The largest absolute Gasteiger partial charge is 0.309 e. The predicted molar refractivity (Wildman–Crippen MR) is 70.8 cm³/mol. The Kier molecular flexibility index (Phi) is 4.53. The van der Waals surface area contributed by atoms with E-state index in [-0.39, 0.29) is 5.54 Å². The topological polar surface area (TPSA) is 30.7 Å². The van der Waals surface area contributed by atoms with Crippen LogP contribution in [0.3, 0.4) is 0 Å². The molecular weight excluding hydrogens is 266 g/mol. The molecule has 0 fully saturated rings. The zero-order valence-electron chi connectivity index (χ0n) is 10.9. The van der Waals surface area contributed by atoms with E-state index in [1.807, 2.05) is 0 Å². The summed E-state index contributed by atoms with van der Waals surface area (Å²) in [4.78, 5) is 0. The molecule has 1 rings (SSSR count). The second-order valence-electron chi connectivity index (χ2n) is 5.60. The maximum Gasteiger partial charge on any atom is 0.144 e. The molecule has 0 amide bonds. The molecule has 92 valence electrons. The number of halogens is 1. The molecule has 0 spiro atoms. The minimum absolute atomic E-state index is 0.0545. The normalized spacial score (nSPS) is 12.4. The van der Waals surface area contributed by atoms with Gasteiger partial charge < -0.3 is 4.57 Å². The summed E-state index contributed by atoms with van der Waals surface area (Å²) in [5.74, 6) is 2.83. The number of hydrogen-bond acceptors (Lipinski definition) is 2. The molecule has 0 bridgehead atoms. The summed E-state index contributed by atoms with van der Waals surface area (Å²) in [6, 6.07) is 0. The highest BCUT2D eigenvalue weighted by atomic mass is 79.9. The quantitative estimate of drug-likeness (QED) is 0.794. The van der Waals surface area contributed by atoms with E-state index in [0.29, 0.717) is 5.92 Å². The summed E-state index contributed by atoms with van der Waals surface area (Å²) in [7, 11) is 0. The highest BCUT2D eigenvalue weighted by Crippen LogP contribution is 2.21. The lowest BCUT2D eigenvalue weighted by Gasteiger charge is -2.24. The van der Waals surface area contributed by atoms with E-state index in [0.717, 1.165) is 29.8 Å². The average Bonchev–Trinajstić information content (AvgIpc) is 2.56. The van der Waals surface area contributed by atoms with Crippen LogP contribution in [0.5, 0.6) is 0 Å². The highest BCUT2D eigenvalue weighted by Gasteiger charge is 2.22. The molecular formula is C12H22BrN3. The van der Waals surface area contributed by atoms with Crippen LogP contribution in [0.4, 0.5) is 0 Å². The number of rotatable bonds is 4. The fraction of sp³-hybridized carbons (Fsp3) is 0.833. The van der Waals surface area contributed by atoms with E-state index in [4.69, 9.17) is 0 Å². The summed E-state index contributed by atoms with van der Waals surface area (Å²) in [6.45, 7) is 11.1. The van der Waals surface area contributed by atoms with Crippen molar-refractivity contribution in [2.75, 3.05) is 0 Å². The summed E-state index contributed by atoms with van der Waals surface area (Å²) in [5.41, 5.74) is 0.0545. The molecule has 0 aliphatic rings. The van der Waals surface area contributed by atoms with Crippen LogP contribution in [0.1, 0.15) is 52.7 Å². The zero-order chi connectivity index (χ0) is 12.3. The maximum absolute atomic E-state index is 4.31. The first-order chi connectivity index (χ1) is 7.36. The Hall–Kier alpha value is -0.380. The minimum atomic E-state index is 0.0545. The Labute approximate surface area is 107 Å². The molecule has 16 heavy (non-hydrogen) atoms. The van der Waals surface area contributed by atoms with Crippen LogP contribution in [0.25, 0.3) is 0 Å². The molecule has 1 aromatic heterocycles. The molecule has 3 nitrogen and oxygen atoms in total. The SMILES string of the molecule is CC(C)CCc1nnc(CBr)n1C(C)(C)C. The Morgan fingerprint density at radius 1 is 1.19 bits per heavy atom. The van der Waals surface area contributed by atoms with Gasteiger partial charge >= 0.3 is 0 Å². The van der Waals surface area contributed by atoms with E-state index in [2.05, 4.69) is 65.3 Å². The first kappa shape index (κ1) is 13.7. The lowest BCUT2D eigenvalue weighted by atomic mass is 10.1. The molecule has 1 heterocycles. The van der Waals surface area contributed by atoms with Gasteiger partial charge in [0.25, 0.3) is 0 Å². The smallest absolute Gasteiger partial charge is 0.144 e. The lowest BCUT2D eigenvalue weighted by molar-refractivity contribution is 0.369. The Morgan fingerprint density at radius 3 is 2.19 bits per heavy atom. The Morgan fingerprint density at radius 2 is 1.75 bits per heavy atom. The van der Waals surface area contributed by atoms with Crippen molar-refractivity contribution in [2.24, 2.45) is 5.92 Å². The standard InChI is InChI=1S/C12H22BrN3/c1-9(2)6-7-10-14-15-11(8-13)16(10)12(3,4)5/h9H,6-8H2,1-5H3. The average molecular weight is 288 g/mol. The molecule has 4 heteroatoms. The van der Waals surface area contributed by atoms with E-state index < -0.39 is 0 Å². The van der Waals surface area contributed by atoms with Crippen molar-refractivity contribution >= 4 is 15.9 Å². The van der Waals surface area contributed by atoms with Gasteiger partial charge in [-0.15, -0.1) is 10.2 Å². The third kappa shape index (κ3) is 3.30. The molecule has 0 radical (unpaired) electrons. The van der Waals surface area contributed by atoms with Crippen molar-refractivity contribution in [3.63, 3.8) is 0 Å². The second kappa shape index (κ2) is 5.30. The van der Waals surface area contributed by atoms with Crippen LogP contribution < -0.4 is 0 Å². The third-order valence-electron chi connectivity index (χ3n) is 2.53. The number of aromatic nitrogens is 3. The molecule has 0 N–H and O–H groups in total. The van der Waals surface area contributed by atoms with Crippen molar-refractivity contribution in [3.05, 3.63) is 11.6 Å². The Balaban J connectivity index is 2.96. The van der Waals surface area contributed by atoms with Gasteiger partial charge in [-0.2, -0.15) is 0 Å². The van der Waals surface area contributed by atoms with Crippen molar-refractivity contribution in [1.29, 1.82) is 0 Å². The molecule has 0 saturated carbocycles. The number of hydrogen-bond donors (Lipinski definition) is 0. The van der Waals surface area contributed by atoms with E-state index in [1.54, 1.807) is 0 Å². The summed E-state index contributed by atoms with van der Waals surface area (Å²) in [6.07, 6.45) is 2.17. The molecule has 0 saturated heterocycles. The van der Waals surface area contributed by atoms with Crippen LogP contribution in [-0.2, 0) is 17.3 Å². The summed E-state index contributed by atoms with van der Waals surface area (Å²) >= 11 is 3.47. The van der Waals surface area contributed by atoms with Crippen molar-refractivity contribution in [2.45, 2.75) is 58.3 Å². The molecule has 0 aliphatic carbocycles. The van der Waals surface area contributed by atoms with Gasteiger partial charge in [-0.1, -0.05) is 29.8 Å². The summed E-state index contributed by atoms with van der Waals surface area (Å²) in [5, 5.41) is 9.32. The minimum Gasteiger partial charge on any atom is -0.309 e. The van der Waals surface area contributed by atoms with Crippen molar-refractivity contribution < 1.29 is 0 Å². The van der Waals surface area contributed by atoms with Gasteiger partial charge in [-0.25, -0.2) is 0 Å². The monoisotopic (exact) mass is 287 g/mol. The number of nitrogens with zero attached hydrogens (tertiary/aromatic N) is 3. The fourth-order valence-corrected chi connectivity index (χ4v) is 2.16. The predicted octanol–water partition coefficient (Wildman–Crippen LogP) is 3.52. The number of aryl methyl sites for hydroxylation is 1. The van der Waals surface area contributed by atoms with Crippen LogP contribution in [-0.4, -0.2) is 14.8 Å². The van der Waals surface area contributed by atoms with E-state index in [1.165, 1.54) is 0 Å². The van der Waals surface area contributed by atoms with Gasteiger partial charge in [0.2, 0.25) is 0 Å². The summed E-state index contributed by atoms with van der Waals surface area (Å²) < 4.78 is 2.25. The van der Waals surface area contributed by atoms with Crippen LogP contribution >= 0.6 is 15.9 Å². The van der Waals surface area contributed by atoms with Crippen molar-refractivity contribution in [1.82, 2.24) is 14.8 Å². The highest BCUT2D eigenvalue weighted by molar-refractivity contribution is 9.08. The fourth-order valence-electron chi connectivity index (χ4n) is 1.79. The molecule has 1 aromatic rings. The molecule has 0 atom stereocenters. The van der Waals surface area contributed by atoms with Crippen LogP contribution in [0.2, 0.25) is 0 Å². The first-order valence-corrected chi connectivity index (χ1v) is 6.98. The maximum atomic E-state index is 4.31. The molecule has 0 unspecified atom stereocenters. The molecule has 0 aromatic carbocycles. The van der Waals surface area contributed by atoms with E-state index >= 15 is 0 Å². The van der Waals surface area contributed by atoms with Gasteiger partial charge in [0.05, 0.1) is 5.33 Å². The van der Waals surface area contributed by atoms with Gasteiger partial charge in [0.15, 0.2) is 0 Å². The lowest BCUT2D eigenvalue weighted by Crippen LogP contribution is -2.26. The Bertz CT molecular complexity index is 337.